The quantitative estimate of drug-likeness (QED) is 0.129. The van der Waals surface area contributed by atoms with E-state index in [1.807, 2.05) is 18.4 Å². The van der Waals surface area contributed by atoms with E-state index < -0.39 is 10.2 Å². The Morgan fingerprint density at radius 1 is 0.975 bits per heavy atom. The summed E-state index contributed by atoms with van der Waals surface area (Å²) in [6.07, 6.45) is 0.492. The van der Waals surface area contributed by atoms with E-state index in [1.165, 1.54) is 30.0 Å². The molecule has 40 heavy (non-hydrogen) atoms. The van der Waals surface area contributed by atoms with E-state index in [-0.39, 0.29) is 23.4 Å². The number of hydrogen-bond donors (Lipinski definition) is 1. The number of thioether (sulfide) groups is 1. The Kier molecular flexibility index (Phi) is 7.43. The molecule has 3 aromatic carbocycles. The smallest absolute Gasteiger partial charge is 0.271 e. The standard InChI is InChI=1S/C28H24N6O5S/c1-3-23(25(35)29-18-8-7-9-20(16-18)34(38)39)40-28-31-30-24(32(28)4-2)17-12-14-19(15-13-17)33-26(36)21-10-5-6-11-22(21)27(33)37/h5-16,23H,3-4H2,1-2H3,(H,29,35). The van der Waals surface area contributed by atoms with Gasteiger partial charge in [-0.25, -0.2) is 4.90 Å². The summed E-state index contributed by atoms with van der Waals surface area (Å²) in [5, 5.41) is 22.5. The van der Waals surface area contributed by atoms with E-state index in [2.05, 4.69) is 15.5 Å². The average Bonchev–Trinajstić information content (AvgIpc) is 3.49. The van der Waals surface area contributed by atoms with Gasteiger partial charge < -0.3 is 9.88 Å². The molecule has 1 aliphatic heterocycles. The molecular weight excluding hydrogens is 532 g/mol. The number of amides is 3. The molecule has 3 amide bonds. The highest BCUT2D eigenvalue weighted by molar-refractivity contribution is 8.00. The first kappa shape index (κ1) is 26.8. The molecule has 5 rings (SSSR count). The normalized spacial score (nSPS) is 13.3. The van der Waals surface area contributed by atoms with Crippen molar-refractivity contribution in [3.63, 3.8) is 0 Å². The van der Waals surface area contributed by atoms with Crippen molar-refractivity contribution < 1.29 is 19.3 Å². The van der Waals surface area contributed by atoms with Crippen molar-refractivity contribution in [1.29, 1.82) is 0 Å². The van der Waals surface area contributed by atoms with Gasteiger partial charge in [-0.15, -0.1) is 10.2 Å². The molecule has 0 aliphatic carbocycles. The van der Waals surface area contributed by atoms with Gasteiger partial charge >= 0.3 is 0 Å². The predicted molar refractivity (Wildman–Crippen MR) is 150 cm³/mol. The zero-order valence-corrected chi connectivity index (χ0v) is 22.4. The lowest BCUT2D eigenvalue weighted by atomic mass is 10.1. The van der Waals surface area contributed by atoms with Crippen LogP contribution in [0.3, 0.4) is 0 Å². The molecule has 1 atom stereocenters. The predicted octanol–water partition coefficient (Wildman–Crippen LogP) is 5.18. The molecule has 0 fully saturated rings. The minimum absolute atomic E-state index is 0.108. The SMILES string of the molecule is CCC(Sc1nnc(-c2ccc(N3C(=O)c4ccccc4C3=O)cc2)n1CC)C(=O)Nc1cccc([N+](=O)[O-])c1. The molecule has 1 aromatic heterocycles. The largest absolute Gasteiger partial charge is 0.325 e. The molecule has 12 heteroatoms. The third-order valence-corrected chi connectivity index (χ3v) is 7.79. The number of non-ortho nitro benzene ring substituents is 1. The van der Waals surface area contributed by atoms with Crippen LogP contribution in [0.4, 0.5) is 17.1 Å². The Morgan fingerprint density at radius 3 is 2.25 bits per heavy atom. The fourth-order valence-electron chi connectivity index (χ4n) is 4.43. The van der Waals surface area contributed by atoms with E-state index >= 15 is 0 Å². The van der Waals surface area contributed by atoms with Gasteiger partial charge in [-0.1, -0.05) is 36.9 Å². The number of carbonyl (C=O) groups excluding carboxylic acids is 3. The molecule has 4 aromatic rings. The fraction of sp³-hybridized carbons (Fsp3) is 0.179. The van der Waals surface area contributed by atoms with Gasteiger partial charge in [0.25, 0.3) is 17.5 Å². The van der Waals surface area contributed by atoms with Crippen molar-refractivity contribution in [2.24, 2.45) is 0 Å². The average molecular weight is 557 g/mol. The van der Waals surface area contributed by atoms with Gasteiger partial charge in [0.1, 0.15) is 0 Å². The zero-order chi connectivity index (χ0) is 28.4. The maximum absolute atomic E-state index is 13.0. The van der Waals surface area contributed by atoms with E-state index in [0.29, 0.717) is 46.4 Å². The number of anilines is 2. The third kappa shape index (κ3) is 4.96. The van der Waals surface area contributed by atoms with Crippen molar-refractivity contribution in [1.82, 2.24) is 14.8 Å². The number of fused-ring (bicyclic) bond motifs is 1. The molecule has 0 saturated heterocycles. The lowest BCUT2D eigenvalue weighted by Gasteiger charge is -2.16. The summed E-state index contributed by atoms with van der Waals surface area (Å²) in [6, 6.07) is 19.5. The van der Waals surface area contributed by atoms with Crippen LogP contribution in [0.1, 0.15) is 41.0 Å². The van der Waals surface area contributed by atoms with Crippen LogP contribution >= 0.6 is 11.8 Å². The van der Waals surface area contributed by atoms with Crippen molar-refractivity contribution >= 4 is 46.5 Å². The van der Waals surface area contributed by atoms with Crippen LogP contribution in [-0.4, -0.2) is 42.7 Å². The summed E-state index contributed by atoms with van der Waals surface area (Å²) in [4.78, 5) is 50.3. The number of imide groups is 1. The second-order valence-corrected chi connectivity index (χ2v) is 10.1. The summed E-state index contributed by atoms with van der Waals surface area (Å²) in [6.45, 7) is 4.35. The van der Waals surface area contributed by atoms with E-state index in [0.717, 1.165) is 10.5 Å². The topological polar surface area (TPSA) is 140 Å². The van der Waals surface area contributed by atoms with E-state index in [4.69, 9.17) is 0 Å². The maximum atomic E-state index is 13.0. The Balaban J connectivity index is 1.33. The summed E-state index contributed by atoms with van der Waals surface area (Å²) < 4.78 is 1.88. The van der Waals surface area contributed by atoms with Gasteiger partial charge in [0.05, 0.1) is 27.0 Å². The van der Waals surface area contributed by atoms with Crippen molar-refractivity contribution in [3.05, 3.63) is 94.0 Å². The van der Waals surface area contributed by atoms with Crippen LogP contribution in [-0.2, 0) is 11.3 Å². The van der Waals surface area contributed by atoms with Crippen LogP contribution in [0.2, 0.25) is 0 Å². The molecule has 202 valence electrons. The molecule has 0 bridgehead atoms. The second-order valence-electron chi connectivity index (χ2n) is 8.90. The monoisotopic (exact) mass is 556 g/mol. The number of nitro benzene ring substituents is 1. The first-order valence-electron chi connectivity index (χ1n) is 12.6. The first-order valence-corrected chi connectivity index (χ1v) is 13.4. The third-order valence-electron chi connectivity index (χ3n) is 6.45. The lowest BCUT2D eigenvalue weighted by molar-refractivity contribution is -0.384. The summed E-state index contributed by atoms with van der Waals surface area (Å²) in [5.41, 5.74) is 2.18. The minimum Gasteiger partial charge on any atom is -0.325 e. The Hall–Kier alpha value is -4.84. The van der Waals surface area contributed by atoms with Crippen molar-refractivity contribution in [3.8, 4) is 11.4 Å². The number of nitro groups is 1. The van der Waals surface area contributed by atoms with Gasteiger partial charge in [0.2, 0.25) is 5.91 Å². The minimum atomic E-state index is -0.516. The van der Waals surface area contributed by atoms with Crippen LogP contribution in [0, 0.1) is 10.1 Å². The maximum Gasteiger partial charge on any atom is 0.271 e. The lowest BCUT2D eigenvalue weighted by Crippen LogP contribution is -2.29. The Morgan fingerprint density at radius 2 is 1.65 bits per heavy atom. The van der Waals surface area contributed by atoms with Gasteiger partial charge in [-0.3, -0.25) is 24.5 Å². The second kappa shape index (κ2) is 11.1. The van der Waals surface area contributed by atoms with Gasteiger partial charge in [-0.05, 0) is 55.8 Å². The molecule has 1 N–H and O–H groups in total. The zero-order valence-electron chi connectivity index (χ0n) is 21.6. The molecule has 2 heterocycles. The van der Waals surface area contributed by atoms with Crippen LogP contribution in [0.15, 0.2) is 78.0 Å². The van der Waals surface area contributed by atoms with Crippen LogP contribution in [0.25, 0.3) is 11.4 Å². The number of hydrogen-bond acceptors (Lipinski definition) is 8. The molecule has 0 radical (unpaired) electrons. The first-order chi connectivity index (χ1) is 19.3. The number of benzene rings is 3. The van der Waals surface area contributed by atoms with Gasteiger partial charge in [0.15, 0.2) is 11.0 Å². The molecule has 0 saturated carbocycles. The number of aromatic nitrogens is 3. The van der Waals surface area contributed by atoms with Crippen LogP contribution in [0.5, 0.6) is 0 Å². The number of rotatable bonds is 9. The molecule has 0 spiro atoms. The number of nitrogens with one attached hydrogen (secondary N) is 1. The summed E-state index contributed by atoms with van der Waals surface area (Å²) >= 11 is 1.26. The molecular formula is C28H24N6O5S. The number of nitrogens with zero attached hydrogens (tertiary/aromatic N) is 5. The summed E-state index contributed by atoms with van der Waals surface area (Å²) in [7, 11) is 0. The summed E-state index contributed by atoms with van der Waals surface area (Å²) in [5.74, 6) is -0.450. The molecule has 1 aliphatic rings. The molecule has 11 nitrogen and oxygen atoms in total. The Labute approximate surface area is 233 Å². The van der Waals surface area contributed by atoms with E-state index in [9.17, 15) is 24.5 Å². The van der Waals surface area contributed by atoms with Crippen molar-refractivity contribution in [2.75, 3.05) is 10.2 Å². The van der Waals surface area contributed by atoms with Crippen molar-refractivity contribution in [2.45, 2.75) is 37.2 Å². The van der Waals surface area contributed by atoms with Crippen LogP contribution < -0.4 is 10.2 Å². The number of carbonyl (C=O) groups is 3. The van der Waals surface area contributed by atoms with E-state index in [1.54, 1.807) is 54.6 Å². The van der Waals surface area contributed by atoms with Gasteiger partial charge in [0, 0.05) is 29.9 Å². The van der Waals surface area contributed by atoms with Gasteiger partial charge in [-0.2, -0.15) is 0 Å². The highest BCUT2D eigenvalue weighted by Gasteiger charge is 2.36. The fourth-order valence-corrected chi connectivity index (χ4v) is 5.45. The highest BCUT2D eigenvalue weighted by Crippen LogP contribution is 2.32. The Bertz CT molecular complexity index is 1600. The highest BCUT2D eigenvalue weighted by atomic mass is 32.2. The molecule has 1 unspecified atom stereocenters.